The lowest BCUT2D eigenvalue weighted by molar-refractivity contribution is -0.117. The largest absolute Gasteiger partial charge is 0.459 e. The van der Waals surface area contributed by atoms with Crippen LogP contribution < -0.4 is 9.80 Å². The number of carbonyl (C=O) groups is 2. The molecule has 2 aromatic rings. The Bertz CT molecular complexity index is 1090. The summed E-state index contributed by atoms with van der Waals surface area (Å²) in [5, 5.41) is 9.59. The quantitative estimate of drug-likeness (QED) is 0.429. The summed E-state index contributed by atoms with van der Waals surface area (Å²) in [7, 11) is 0. The number of anilines is 2. The molecule has 1 aromatic carbocycles. The van der Waals surface area contributed by atoms with Crippen LogP contribution in [0.4, 0.5) is 11.4 Å². The molecule has 0 radical (unpaired) electrons. The van der Waals surface area contributed by atoms with Crippen LogP contribution in [0.1, 0.15) is 87.9 Å². The van der Waals surface area contributed by atoms with E-state index in [2.05, 4.69) is 30.0 Å². The third-order valence-corrected chi connectivity index (χ3v) is 7.55. The normalized spacial score (nSPS) is 22.2. The van der Waals surface area contributed by atoms with Crippen LogP contribution in [0, 0.1) is 17.2 Å². The van der Waals surface area contributed by atoms with Gasteiger partial charge in [0.05, 0.1) is 35.7 Å². The molecular weight excluding hydrogens is 452 g/mol. The van der Waals surface area contributed by atoms with Crippen molar-refractivity contribution in [3.05, 3.63) is 47.9 Å². The first-order valence-corrected chi connectivity index (χ1v) is 13.4. The van der Waals surface area contributed by atoms with Gasteiger partial charge in [-0.05, 0) is 62.6 Å². The zero-order valence-corrected chi connectivity index (χ0v) is 21.8. The van der Waals surface area contributed by atoms with Gasteiger partial charge in [-0.2, -0.15) is 5.26 Å². The predicted molar refractivity (Wildman–Crippen MR) is 141 cm³/mol. The summed E-state index contributed by atoms with van der Waals surface area (Å²) in [6, 6.07) is 12.1. The summed E-state index contributed by atoms with van der Waals surface area (Å²) in [5.74, 6) is 0.109. The molecule has 7 heteroatoms. The van der Waals surface area contributed by atoms with Crippen molar-refractivity contribution in [1.82, 2.24) is 4.90 Å². The van der Waals surface area contributed by atoms with Crippen LogP contribution in [-0.2, 0) is 4.79 Å². The van der Waals surface area contributed by atoms with Crippen molar-refractivity contribution in [2.45, 2.75) is 77.8 Å². The van der Waals surface area contributed by atoms with E-state index < -0.39 is 0 Å². The fraction of sp³-hybridized carbons (Fsp3) is 0.552. The molecule has 3 atom stereocenters. The van der Waals surface area contributed by atoms with Gasteiger partial charge in [-0.25, -0.2) is 0 Å². The molecule has 1 aromatic heterocycles. The molecule has 7 nitrogen and oxygen atoms in total. The second-order valence-corrected chi connectivity index (χ2v) is 10.2. The summed E-state index contributed by atoms with van der Waals surface area (Å²) >= 11 is 0. The van der Waals surface area contributed by atoms with E-state index in [9.17, 15) is 14.9 Å². The number of furan rings is 1. The number of likely N-dealkylation sites (tertiary alicyclic amines) is 1. The predicted octanol–water partition coefficient (Wildman–Crippen LogP) is 5.93. The Balaban J connectivity index is 1.65. The van der Waals surface area contributed by atoms with Gasteiger partial charge in [-0.15, -0.1) is 0 Å². The second-order valence-electron chi connectivity index (χ2n) is 10.2. The minimum absolute atomic E-state index is 0.0372. The summed E-state index contributed by atoms with van der Waals surface area (Å²) in [6.07, 6.45) is 9.35. The fourth-order valence-electron chi connectivity index (χ4n) is 5.75. The average Bonchev–Trinajstić information content (AvgIpc) is 3.42. The van der Waals surface area contributed by atoms with E-state index in [1.54, 1.807) is 28.9 Å². The lowest BCUT2D eigenvalue weighted by Gasteiger charge is -2.42. The number of hydrogen-bond acceptors (Lipinski definition) is 5. The highest BCUT2D eigenvalue weighted by Crippen LogP contribution is 2.41. The molecule has 0 bridgehead atoms. The van der Waals surface area contributed by atoms with Gasteiger partial charge in [-0.1, -0.05) is 38.7 Å². The zero-order chi connectivity index (χ0) is 25.7. The van der Waals surface area contributed by atoms with Crippen molar-refractivity contribution in [2.75, 3.05) is 29.4 Å². The van der Waals surface area contributed by atoms with Crippen molar-refractivity contribution in [3.8, 4) is 6.07 Å². The van der Waals surface area contributed by atoms with E-state index in [-0.39, 0.29) is 35.6 Å². The van der Waals surface area contributed by atoms with E-state index in [1.807, 2.05) is 13.0 Å². The molecule has 2 aliphatic heterocycles. The van der Waals surface area contributed by atoms with E-state index >= 15 is 0 Å². The molecule has 4 rings (SSSR count). The summed E-state index contributed by atoms with van der Waals surface area (Å²) in [6.45, 7) is 7.90. The van der Waals surface area contributed by atoms with Crippen molar-refractivity contribution < 1.29 is 14.0 Å². The fourth-order valence-corrected chi connectivity index (χ4v) is 5.75. The van der Waals surface area contributed by atoms with Crippen LogP contribution in [-0.4, -0.2) is 42.4 Å². The molecule has 0 saturated carbocycles. The van der Waals surface area contributed by atoms with E-state index in [0.717, 1.165) is 49.3 Å². The minimum Gasteiger partial charge on any atom is -0.459 e. The van der Waals surface area contributed by atoms with Crippen molar-refractivity contribution in [1.29, 1.82) is 5.26 Å². The molecule has 0 spiro atoms. The van der Waals surface area contributed by atoms with Gasteiger partial charge in [-0.3, -0.25) is 14.5 Å². The Morgan fingerprint density at radius 2 is 1.89 bits per heavy atom. The standard InChI is InChI=1S/C29H38N4O3/c1-4-5-6-7-8-15-31-20-23(18-30)11-13-25(31)24-12-14-26-27(17-24)32(19-21(2)33(26)22(3)34)29(35)28-10-9-16-36-28/h9-10,12,14,16-17,21,23,25H,4-8,11,13,15,19-20H2,1-3H3/t21-,23?,25?/m0/s1. The van der Waals surface area contributed by atoms with Crippen molar-refractivity contribution in [2.24, 2.45) is 5.92 Å². The number of unbranched alkanes of at least 4 members (excludes halogenated alkanes) is 4. The van der Waals surface area contributed by atoms with Crippen molar-refractivity contribution in [3.63, 3.8) is 0 Å². The third-order valence-electron chi connectivity index (χ3n) is 7.55. The number of hydrogen-bond donors (Lipinski definition) is 0. The van der Waals surface area contributed by atoms with Gasteiger partial charge >= 0.3 is 0 Å². The van der Waals surface area contributed by atoms with Gasteiger partial charge in [0, 0.05) is 26.1 Å². The maximum atomic E-state index is 13.4. The number of piperidine rings is 1. The van der Waals surface area contributed by atoms with Crippen LogP contribution in [0.3, 0.4) is 0 Å². The van der Waals surface area contributed by atoms with Crippen LogP contribution in [0.15, 0.2) is 41.0 Å². The maximum absolute atomic E-state index is 13.4. The van der Waals surface area contributed by atoms with Gasteiger partial charge in [0.15, 0.2) is 5.76 Å². The van der Waals surface area contributed by atoms with E-state index in [4.69, 9.17) is 4.42 Å². The van der Waals surface area contributed by atoms with Gasteiger partial charge < -0.3 is 14.2 Å². The number of nitrogens with zero attached hydrogens (tertiary/aromatic N) is 4. The van der Waals surface area contributed by atoms with Gasteiger partial charge in [0.1, 0.15) is 0 Å². The van der Waals surface area contributed by atoms with Crippen molar-refractivity contribution >= 4 is 23.2 Å². The van der Waals surface area contributed by atoms with Gasteiger partial charge in [0.2, 0.25) is 5.91 Å². The number of benzene rings is 1. The molecule has 36 heavy (non-hydrogen) atoms. The molecule has 3 heterocycles. The molecule has 1 saturated heterocycles. The maximum Gasteiger partial charge on any atom is 0.294 e. The highest BCUT2D eigenvalue weighted by Gasteiger charge is 2.36. The molecule has 1 fully saturated rings. The first kappa shape index (κ1) is 26.0. The third kappa shape index (κ3) is 5.49. The molecule has 2 aliphatic rings. The second kappa shape index (κ2) is 11.7. The topological polar surface area (TPSA) is 80.8 Å². The number of fused-ring (bicyclic) bond motifs is 1. The molecule has 0 aliphatic carbocycles. The minimum atomic E-state index is -0.200. The first-order chi connectivity index (χ1) is 17.4. The lowest BCUT2D eigenvalue weighted by atomic mass is 9.88. The molecule has 192 valence electrons. The highest BCUT2D eigenvalue weighted by molar-refractivity contribution is 6.09. The number of carbonyl (C=O) groups excluding carboxylic acids is 2. The van der Waals surface area contributed by atoms with Gasteiger partial charge in [0.25, 0.3) is 5.91 Å². The molecular formula is C29H38N4O3. The Kier molecular flexibility index (Phi) is 8.48. The van der Waals surface area contributed by atoms with Crippen LogP contribution >= 0.6 is 0 Å². The molecule has 0 N–H and O–H groups in total. The van der Waals surface area contributed by atoms with Crippen LogP contribution in [0.2, 0.25) is 0 Å². The lowest BCUT2D eigenvalue weighted by Crippen LogP contribution is -2.51. The monoisotopic (exact) mass is 490 g/mol. The molecule has 2 amide bonds. The Morgan fingerprint density at radius 1 is 1.08 bits per heavy atom. The smallest absolute Gasteiger partial charge is 0.294 e. The number of nitriles is 1. The number of amides is 2. The Hall–Kier alpha value is -3.11. The summed E-state index contributed by atoms with van der Waals surface area (Å²) in [4.78, 5) is 31.9. The Labute approximate surface area is 214 Å². The first-order valence-electron chi connectivity index (χ1n) is 13.4. The average molecular weight is 491 g/mol. The highest BCUT2D eigenvalue weighted by atomic mass is 16.3. The SMILES string of the molecule is CCCCCCCN1CC(C#N)CCC1c1ccc2c(c1)N(C(=O)c1ccco1)C[C@H](C)N2C(C)=O. The summed E-state index contributed by atoms with van der Waals surface area (Å²) < 4.78 is 5.42. The zero-order valence-electron chi connectivity index (χ0n) is 21.8. The van der Waals surface area contributed by atoms with E-state index in [0.29, 0.717) is 6.54 Å². The van der Waals surface area contributed by atoms with E-state index in [1.165, 1.54) is 31.9 Å². The van der Waals surface area contributed by atoms with Crippen LogP contribution in [0.5, 0.6) is 0 Å². The van der Waals surface area contributed by atoms with Crippen LogP contribution in [0.25, 0.3) is 0 Å². The molecule has 2 unspecified atom stereocenters. The Morgan fingerprint density at radius 3 is 2.58 bits per heavy atom. The number of rotatable bonds is 8. The summed E-state index contributed by atoms with van der Waals surface area (Å²) in [5.41, 5.74) is 2.63.